The normalized spacial score (nSPS) is 10.7. The highest BCUT2D eigenvalue weighted by Gasteiger charge is 2.07. The van der Waals surface area contributed by atoms with Gasteiger partial charge in [0, 0.05) is 16.9 Å². The van der Waals surface area contributed by atoms with Crippen LogP contribution in [0.2, 0.25) is 0 Å². The van der Waals surface area contributed by atoms with Crippen LogP contribution in [0.3, 0.4) is 0 Å². The number of nitrogens with zero attached hydrogens (tertiary/aromatic N) is 1. The van der Waals surface area contributed by atoms with E-state index in [1.54, 1.807) is 11.6 Å². The van der Waals surface area contributed by atoms with Crippen molar-refractivity contribution >= 4 is 38.2 Å². The number of fused-ring (bicyclic) bond motifs is 1. The molecule has 0 amide bonds. The molecule has 1 aromatic heterocycles. The van der Waals surface area contributed by atoms with Gasteiger partial charge in [-0.25, -0.2) is 0 Å². The Morgan fingerprint density at radius 1 is 1.00 bits per heavy atom. The van der Waals surface area contributed by atoms with Crippen molar-refractivity contribution in [1.29, 1.82) is 0 Å². The minimum atomic E-state index is -0.0422. The van der Waals surface area contributed by atoms with E-state index in [1.807, 2.05) is 54.6 Å². The van der Waals surface area contributed by atoms with E-state index in [-0.39, 0.29) is 5.56 Å². The van der Waals surface area contributed by atoms with Crippen molar-refractivity contribution in [2.24, 2.45) is 7.05 Å². The summed E-state index contributed by atoms with van der Waals surface area (Å²) in [5.41, 5.74) is 2.33. The minimum absolute atomic E-state index is 0.0422. The Hall–Kier alpha value is -2.07. The molecule has 0 fully saturated rings. The molecule has 2 aromatic carbocycles. The van der Waals surface area contributed by atoms with Crippen molar-refractivity contribution in [3.8, 4) is 0 Å². The molecule has 3 rings (SSSR count). The predicted molar refractivity (Wildman–Crippen MR) is 86.6 cm³/mol. The molecule has 0 saturated heterocycles. The number of nitrogens with one attached hydrogen (secondary N) is 1. The molecule has 0 aliphatic rings. The first-order valence-electron chi connectivity index (χ1n) is 6.27. The molecule has 1 heterocycles. The summed E-state index contributed by atoms with van der Waals surface area (Å²) in [6.07, 6.45) is 0. The molecule has 0 radical (unpaired) electrons. The zero-order valence-corrected chi connectivity index (χ0v) is 12.5. The zero-order chi connectivity index (χ0) is 14.1. The first-order valence-corrected chi connectivity index (χ1v) is 7.06. The maximum atomic E-state index is 12.4. The maximum Gasteiger partial charge on any atom is 0.274 e. The van der Waals surface area contributed by atoms with Crippen LogP contribution >= 0.6 is 15.9 Å². The van der Waals surface area contributed by atoms with Crippen LogP contribution in [0.15, 0.2) is 63.9 Å². The van der Waals surface area contributed by atoms with Crippen LogP contribution in [-0.2, 0) is 7.05 Å². The minimum Gasteiger partial charge on any atom is -0.350 e. The largest absolute Gasteiger partial charge is 0.350 e. The second-order valence-corrected chi connectivity index (χ2v) is 5.44. The smallest absolute Gasteiger partial charge is 0.274 e. The van der Waals surface area contributed by atoms with E-state index in [4.69, 9.17) is 0 Å². The highest BCUT2D eigenvalue weighted by Crippen LogP contribution is 2.25. The summed E-state index contributed by atoms with van der Waals surface area (Å²) in [6, 6.07) is 17.5. The van der Waals surface area contributed by atoms with E-state index in [9.17, 15) is 4.79 Å². The molecule has 3 aromatic rings. The van der Waals surface area contributed by atoms with Gasteiger partial charge in [-0.1, -0.05) is 30.3 Å². The summed E-state index contributed by atoms with van der Waals surface area (Å²) in [5, 5.41) is 4.22. The molecule has 0 bridgehead atoms. The monoisotopic (exact) mass is 328 g/mol. The van der Waals surface area contributed by atoms with Crippen molar-refractivity contribution in [2.45, 2.75) is 0 Å². The number of hydrogen-bond donors (Lipinski definition) is 1. The molecular formula is C16H13BrN2O. The van der Waals surface area contributed by atoms with Gasteiger partial charge in [0.1, 0.15) is 5.69 Å². The molecule has 3 nitrogen and oxygen atoms in total. The van der Waals surface area contributed by atoms with Gasteiger partial charge in [-0.2, -0.15) is 0 Å². The lowest BCUT2D eigenvalue weighted by Crippen LogP contribution is -2.20. The maximum absolute atomic E-state index is 12.4. The second kappa shape index (κ2) is 5.13. The molecule has 0 aliphatic carbocycles. The highest BCUT2D eigenvalue weighted by molar-refractivity contribution is 9.10. The lowest BCUT2D eigenvalue weighted by atomic mass is 10.2. The van der Waals surface area contributed by atoms with Crippen molar-refractivity contribution < 1.29 is 0 Å². The van der Waals surface area contributed by atoms with Crippen LogP contribution in [-0.4, -0.2) is 4.57 Å². The van der Waals surface area contributed by atoms with Crippen LogP contribution < -0.4 is 10.9 Å². The van der Waals surface area contributed by atoms with Crippen molar-refractivity contribution in [2.75, 3.05) is 5.32 Å². The fraction of sp³-hybridized carbons (Fsp3) is 0.0625. The Morgan fingerprint density at radius 2 is 1.70 bits per heavy atom. The van der Waals surface area contributed by atoms with E-state index >= 15 is 0 Å². The van der Waals surface area contributed by atoms with Crippen LogP contribution in [0, 0.1) is 0 Å². The van der Waals surface area contributed by atoms with Gasteiger partial charge >= 0.3 is 0 Å². The van der Waals surface area contributed by atoms with E-state index in [2.05, 4.69) is 21.2 Å². The molecule has 100 valence electrons. The standard InChI is InChI=1S/C16H13BrN2O/c1-19-15-9-5-2-6-11(15)10-14(16(19)20)18-13-8-4-3-7-12(13)17/h2-10,18H,1H3. The number of hydrogen-bond acceptors (Lipinski definition) is 2. The molecule has 0 unspecified atom stereocenters. The first-order chi connectivity index (χ1) is 9.66. The topological polar surface area (TPSA) is 34.0 Å². The summed E-state index contributed by atoms with van der Waals surface area (Å²) in [7, 11) is 1.79. The first kappa shape index (κ1) is 12.9. The Labute approximate surface area is 125 Å². The third kappa shape index (κ3) is 2.23. The number of aromatic nitrogens is 1. The number of benzene rings is 2. The van der Waals surface area contributed by atoms with Gasteiger partial charge < -0.3 is 9.88 Å². The Kier molecular flexibility index (Phi) is 3.32. The Bertz CT molecular complexity index is 839. The Morgan fingerprint density at radius 3 is 2.50 bits per heavy atom. The van der Waals surface area contributed by atoms with Gasteiger partial charge in [0.15, 0.2) is 0 Å². The highest BCUT2D eigenvalue weighted by atomic mass is 79.9. The predicted octanol–water partition coefficient (Wildman–Crippen LogP) is 4.04. The molecule has 0 spiro atoms. The number of rotatable bonds is 2. The van der Waals surface area contributed by atoms with Crippen molar-refractivity contribution in [3.05, 3.63) is 69.4 Å². The van der Waals surface area contributed by atoms with E-state index < -0.39 is 0 Å². The van der Waals surface area contributed by atoms with E-state index in [0.29, 0.717) is 5.69 Å². The molecule has 0 aliphatic heterocycles. The van der Waals surface area contributed by atoms with Crippen LogP contribution in [0.5, 0.6) is 0 Å². The molecule has 1 N–H and O–H groups in total. The van der Waals surface area contributed by atoms with Crippen LogP contribution in [0.25, 0.3) is 10.9 Å². The fourth-order valence-corrected chi connectivity index (χ4v) is 2.60. The van der Waals surface area contributed by atoms with Crippen molar-refractivity contribution in [3.63, 3.8) is 0 Å². The molecule has 4 heteroatoms. The number of aryl methyl sites for hydroxylation is 1. The summed E-state index contributed by atoms with van der Waals surface area (Å²) in [6.45, 7) is 0. The molecule has 20 heavy (non-hydrogen) atoms. The average Bonchev–Trinajstić information content (AvgIpc) is 2.47. The number of para-hydroxylation sites is 2. The zero-order valence-electron chi connectivity index (χ0n) is 10.9. The van der Waals surface area contributed by atoms with Gasteiger partial charge in [-0.15, -0.1) is 0 Å². The van der Waals surface area contributed by atoms with Gasteiger partial charge in [-0.3, -0.25) is 4.79 Å². The molecule has 0 saturated carbocycles. The van der Waals surface area contributed by atoms with Crippen molar-refractivity contribution in [1.82, 2.24) is 4.57 Å². The fourth-order valence-electron chi connectivity index (χ4n) is 2.22. The molecule has 0 atom stereocenters. The second-order valence-electron chi connectivity index (χ2n) is 4.59. The lowest BCUT2D eigenvalue weighted by molar-refractivity contribution is 0.909. The summed E-state index contributed by atoms with van der Waals surface area (Å²) in [4.78, 5) is 12.4. The van der Waals surface area contributed by atoms with Gasteiger partial charge in [-0.05, 0) is 40.2 Å². The van der Waals surface area contributed by atoms with Crippen LogP contribution in [0.4, 0.5) is 11.4 Å². The summed E-state index contributed by atoms with van der Waals surface area (Å²) >= 11 is 3.48. The summed E-state index contributed by atoms with van der Waals surface area (Å²) in [5.74, 6) is 0. The van der Waals surface area contributed by atoms with E-state index in [0.717, 1.165) is 21.1 Å². The third-order valence-corrected chi connectivity index (χ3v) is 3.97. The molecular weight excluding hydrogens is 316 g/mol. The Balaban J connectivity index is 2.15. The lowest BCUT2D eigenvalue weighted by Gasteiger charge is -2.11. The summed E-state index contributed by atoms with van der Waals surface area (Å²) < 4.78 is 2.59. The van der Waals surface area contributed by atoms with Gasteiger partial charge in [0.25, 0.3) is 5.56 Å². The third-order valence-electron chi connectivity index (χ3n) is 3.28. The van der Waals surface area contributed by atoms with Gasteiger partial charge in [0.05, 0.1) is 11.2 Å². The number of pyridine rings is 1. The average molecular weight is 329 g/mol. The van der Waals surface area contributed by atoms with Gasteiger partial charge in [0.2, 0.25) is 0 Å². The quantitative estimate of drug-likeness (QED) is 0.770. The van der Waals surface area contributed by atoms with E-state index in [1.165, 1.54) is 0 Å². The number of halogens is 1. The SMILES string of the molecule is Cn1c(=O)c(Nc2ccccc2Br)cc2ccccc21. The number of anilines is 2. The van der Waals surface area contributed by atoms with Crippen LogP contribution in [0.1, 0.15) is 0 Å².